The first-order valence-corrected chi connectivity index (χ1v) is 1.03. The van der Waals surface area contributed by atoms with Crippen molar-refractivity contribution >= 4 is 24.8 Å². The predicted molar refractivity (Wildman–Crippen MR) is 26.4 cm³/mol. The summed E-state index contributed by atoms with van der Waals surface area (Å²) in [6.07, 6.45) is 0. The molecule has 0 aliphatic carbocycles. The fraction of sp³-hybridized carbons (Fsp3) is 1.00. The molecule has 6 heavy (non-hydrogen) atoms. The van der Waals surface area contributed by atoms with Crippen LogP contribution in [0.15, 0.2) is 0 Å². The van der Waals surface area contributed by atoms with E-state index in [1.165, 1.54) is 0 Å². The van der Waals surface area contributed by atoms with Gasteiger partial charge in [0.15, 0.2) is 0 Å². The Balaban J connectivity index is -0.0000000450. The highest BCUT2D eigenvalue weighted by atomic mass is 35.5. The van der Waals surface area contributed by atoms with Crippen LogP contribution in [0.25, 0.3) is 0 Å². The lowest BCUT2D eigenvalue weighted by Gasteiger charge is -1.61. The van der Waals surface area contributed by atoms with Crippen LogP contribution >= 0.6 is 24.8 Å². The molecule has 0 heterocycles. The number of hydrogen-bond donors (Lipinski definition) is 0. The van der Waals surface area contributed by atoms with E-state index in [1.54, 1.807) is 0 Å². The van der Waals surface area contributed by atoms with Crippen molar-refractivity contribution in [2.24, 2.45) is 0 Å². The highest BCUT2D eigenvalue weighted by Crippen LogP contribution is 1.63. The van der Waals surface area contributed by atoms with Gasteiger partial charge >= 0.3 is 0 Å². The third-order valence-corrected chi connectivity index (χ3v) is 0.0714. The van der Waals surface area contributed by atoms with Crippen LogP contribution in [0.5, 0.6) is 0 Å². The molecule has 0 amide bonds. The minimum Gasteiger partial charge on any atom is -0.248 e. The van der Waals surface area contributed by atoms with Crippen molar-refractivity contribution in [2.45, 2.75) is 0 Å². The van der Waals surface area contributed by atoms with Crippen LogP contribution in [0.3, 0.4) is 0 Å². The first-order chi connectivity index (χ1) is 1.91. The lowest BCUT2D eigenvalue weighted by molar-refractivity contribution is 0.380. The van der Waals surface area contributed by atoms with Crippen LogP contribution < -0.4 is 0 Å². The fourth-order valence-electron chi connectivity index (χ4n) is 0. The molecule has 0 bridgehead atoms. The average Bonchev–Trinajstić information content (AvgIpc) is 1.37. The highest BCUT2D eigenvalue weighted by molar-refractivity contribution is 5.85. The smallest absolute Gasteiger partial charge is 0.118 e. The molecule has 0 aliphatic heterocycles. The summed E-state index contributed by atoms with van der Waals surface area (Å²) in [4.78, 5) is 0. The molecule has 0 aromatic heterocycles. The van der Waals surface area contributed by atoms with Crippen molar-refractivity contribution in [1.82, 2.24) is 0 Å². The summed E-state index contributed by atoms with van der Waals surface area (Å²) in [5, 5.41) is 0. The van der Waals surface area contributed by atoms with Crippen LogP contribution in [0.2, 0.25) is 0 Å². The van der Waals surface area contributed by atoms with Gasteiger partial charge in [-0.15, -0.1) is 24.8 Å². The van der Waals surface area contributed by atoms with E-state index in [0.29, 0.717) is 0 Å². The Morgan fingerprint density at radius 3 is 1.00 bits per heavy atom. The number of rotatable bonds is 1. The second-order valence-corrected chi connectivity index (χ2v) is 0.378. The SMILES string of the molecule is Cl.Cl.FCCF. The third-order valence-electron chi connectivity index (χ3n) is 0.0714. The molecular formula is C2H6Cl2F2. The minimum absolute atomic E-state index is 0. The summed E-state index contributed by atoms with van der Waals surface area (Å²) in [6.45, 7) is -1.69. The van der Waals surface area contributed by atoms with Gasteiger partial charge < -0.3 is 0 Å². The van der Waals surface area contributed by atoms with Gasteiger partial charge in [0.25, 0.3) is 0 Å². The van der Waals surface area contributed by atoms with Gasteiger partial charge in [0.2, 0.25) is 0 Å². The van der Waals surface area contributed by atoms with E-state index in [1.807, 2.05) is 0 Å². The molecule has 0 saturated heterocycles. The van der Waals surface area contributed by atoms with Crippen molar-refractivity contribution < 1.29 is 8.78 Å². The molecule has 0 rings (SSSR count). The predicted octanol–water partition coefficient (Wildman–Crippen LogP) is 1.77. The molecule has 42 valence electrons. The Morgan fingerprint density at radius 1 is 0.833 bits per heavy atom. The zero-order valence-corrected chi connectivity index (χ0v) is 4.62. The molecular weight excluding hydrogens is 133 g/mol. The van der Waals surface area contributed by atoms with E-state index in [4.69, 9.17) is 0 Å². The summed E-state index contributed by atoms with van der Waals surface area (Å²) >= 11 is 0. The van der Waals surface area contributed by atoms with Gasteiger partial charge in [-0.1, -0.05) is 0 Å². The molecule has 0 fully saturated rings. The van der Waals surface area contributed by atoms with Crippen molar-refractivity contribution in [3.05, 3.63) is 0 Å². The van der Waals surface area contributed by atoms with Gasteiger partial charge in [0, 0.05) is 0 Å². The average molecular weight is 139 g/mol. The molecule has 0 aromatic rings. The molecule has 0 unspecified atom stereocenters. The summed E-state index contributed by atoms with van der Waals surface area (Å²) in [7, 11) is 0. The quantitative estimate of drug-likeness (QED) is 0.519. The van der Waals surface area contributed by atoms with Crippen molar-refractivity contribution in [3.63, 3.8) is 0 Å². The van der Waals surface area contributed by atoms with Gasteiger partial charge in [-0.2, -0.15) is 0 Å². The number of hydrogen-bond acceptors (Lipinski definition) is 0. The van der Waals surface area contributed by atoms with Crippen LogP contribution in [-0.2, 0) is 0 Å². The molecule has 0 radical (unpaired) electrons. The standard InChI is InChI=1S/C2H4F2.2ClH/c3-1-2-4;;/h1-2H2;2*1H. The number of alkyl halides is 2. The molecule has 0 N–H and O–H groups in total. The normalized spacial score (nSPS) is 5.00. The monoisotopic (exact) mass is 138 g/mol. The lowest BCUT2D eigenvalue weighted by Crippen LogP contribution is -1.68. The first-order valence-electron chi connectivity index (χ1n) is 1.03. The summed E-state index contributed by atoms with van der Waals surface area (Å²) < 4.78 is 20.7. The van der Waals surface area contributed by atoms with E-state index in [-0.39, 0.29) is 24.8 Å². The van der Waals surface area contributed by atoms with Gasteiger partial charge in [-0.25, -0.2) is 8.78 Å². The second kappa shape index (κ2) is 18.0. The Bertz CT molecular complexity index is 11.5. The molecule has 0 atom stereocenters. The minimum atomic E-state index is -0.847. The Labute approximate surface area is 47.7 Å². The van der Waals surface area contributed by atoms with Gasteiger partial charge in [-0.3, -0.25) is 0 Å². The zero-order valence-electron chi connectivity index (χ0n) is 2.99. The van der Waals surface area contributed by atoms with Crippen molar-refractivity contribution in [2.75, 3.05) is 13.3 Å². The van der Waals surface area contributed by atoms with E-state index in [2.05, 4.69) is 0 Å². The van der Waals surface area contributed by atoms with E-state index in [0.717, 1.165) is 0 Å². The maximum atomic E-state index is 10.3. The highest BCUT2D eigenvalue weighted by Gasteiger charge is 1.65. The van der Waals surface area contributed by atoms with Crippen LogP contribution in [0.4, 0.5) is 8.78 Å². The lowest BCUT2D eigenvalue weighted by atomic mass is 10.9. The maximum Gasteiger partial charge on any atom is 0.118 e. The topological polar surface area (TPSA) is 0 Å². The Morgan fingerprint density at radius 2 is 1.00 bits per heavy atom. The van der Waals surface area contributed by atoms with Gasteiger partial charge in [0.05, 0.1) is 0 Å². The zero-order chi connectivity index (χ0) is 3.41. The van der Waals surface area contributed by atoms with Gasteiger partial charge in [0.1, 0.15) is 13.3 Å². The Hall–Kier alpha value is 0.440. The van der Waals surface area contributed by atoms with Crippen molar-refractivity contribution in [1.29, 1.82) is 0 Å². The summed E-state index contributed by atoms with van der Waals surface area (Å²) in [5.74, 6) is 0. The van der Waals surface area contributed by atoms with E-state index >= 15 is 0 Å². The summed E-state index contributed by atoms with van der Waals surface area (Å²) in [5.41, 5.74) is 0. The first kappa shape index (κ1) is 16.1. The summed E-state index contributed by atoms with van der Waals surface area (Å²) in [6, 6.07) is 0. The molecule has 0 spiro atoms. The number of halogens is 4. The van der Waals surface area contributed by atoms with Crippen molar-refractivity contribution in [3.8, 4) is 0 Å². The molecule has 0 aromatic carbocycles. The van der Waals surface area contributed by atoms with E-state index < -0.39 is 13.3 Å². The van der Waals surface area contributed by atoms with Gasteiger partial charge in [-0.05, 0) is 0 Å². The van der Waals surface area contributed by atoms with E-state index in [9.17, 15) is 8.78 Å². The molecule has 0 nitrogen and oxygen atoms in total. The second-order valence-electron chi connectivity index (χ2n) is 0.378. The van der Waals surface area contributed by atoms with Crippen LogP contribution in [-0.4, -0.2) is 13.3 Å². The third kappa shape index (κ3) is 25.3. The fourth-order valence-corrected chi connectivity index (χ4v) is 0. The largest absolute Gasteiger partial charge is 0.248 e. The molecule has 0 aliphatic rings. The maximum absolute atomic E-state index is 10.3. The van der Waals surface area contributed by atoms with Crippen LogP contribution in [0.1, 0.15) is 0 Å². The van der Waals surface area contributed by atoms with Crippen LogP contribution in [0, 0.1) is 0 Å². The molecule has 0 saturated carbocycles. The molecule has 4 heteroatoms. The Kier molecular flexibility index (Phi) is 48.4.